The number of fused-ring (bicyclic) bond motifs is 1. The van der Waals surface area contributed by atoms with Crippen LogP contribution in [-0.2, 0) is 6.42 Å². The maximum absolute atomic E-state index is 14.2. The summed E-state index contributed by atoms with van der Waals surface area (Å²) in [5.74, 6) is -0.671. The number of nitrogens with zero attached hydrogens (tertiary/aromatic N) is 5. The second-order valence-electron chi connectivity index (χ2n) is 6.04. The third-order valence-corrected chi connectivity index (χ3v) is 4.93. The first kappa shape index (κ1) is 16.8. The summed E-state index contributed by atoms with van der Waals surface area (Å²) in [6.45, 7) is 2.75. The Morgan fingerprint density at radius 3 is 3.04 bits per heavy atom. The molecule has 134 valence electrons. The smallest absolute Gasteiger partial charge is 0.254 e. The summed E-state index contributed by atoms with van der Waals surface area (Å²) in [6.07, 6.45) is 2.09. The normalized spacial score (nSPS) is 17.0. The zero-order chi connectivity index (χ0) is 18.1. The minimum Gasteiger partial charge on any atom is -0.470 e. The first-order chi connectivity index (χ1) is 12.7. The molecule has 1 aliphatic rings. The minimum absolute atomic E-state index is 0.0499. The topological polar surface area (TPSA) is 81.1 Å². The first-order valence-corrected chi connectivity index (χ1v) is 9.06. The number of aromatic nitrogens is 4. The van der Waals surface area contributed by atoms with Gasteiger partial charge in [-0.3, -0.25) is 4.79 Å². The van der Waals surface area contributed by atoms with Gasteiger partial charge in [-0.15, -0.1) is 0 Å². The molecule has 0 aliphatic carbocycles. The van der Waals surface area contributed by atoms with E-state index in [2.05, 4.69) is 18.7 Å². The van der Waals surface area contributed by atoms with Crippen molar-refractivity contribution in [3.63, 3.8) is 0 Å². The monoisotopic (exact) mass is 373 g/mol. The van der Waals surface area contributed by atoms with Crippen LogP contribution in [0, 0.1) is 5.82 Å². The van der Waals surface area contributed by atoms with Crippen molar-refractivity contribution < 1.29 is 13.9 Å². The van der Waals surface area contributed by atoms with E-state index in [0.717, 1.165) is 17.2 Å². The quantitative estimate of drug-likeness (QED) is 0.699. The van der Waals surface area contributed by atoms with Crippen molar-refractivity contribution in [1.29, 1.82) is 0 Å². The Morgan fingerprint density at radius 1 is 1.35 bits per heavy atom. The van der Waals surface area contributed by atoms with Crippen LogP contribution in [0.25, 0.3) is 11.0 Å². The van der Waals surface area contributed by atoms with E-state index in [1.54, 1.807) is 23.1 Å². The lowest BCUT2D eigenvalue weighted by molar-refractivity contribution is 0.0770. The largest absolute Gasteiger partial charge is 0.470 e. The van der Waals surface area contributed by atoms with Gasteiger partial charge >= 0.3 is 0 Å². The molecule has 0 spiro atoms. The number of likely N-dealkylation sites (tertiary alicyclic amines) is 1. The summed E-state index contributed by atoms with van der Waals surface area (Å²) in [7, 11) is 0. The van der Waals surface area contributed by atoms with Crippen LogP contribution in [0.5, 0.6) is 5.88 Å². The summed E-state index contributed by atoms with van der Waals surface area (Å²) in [4.78, 5) is 22.2. The highest BCUT2D eigenvalue weighted by Crippen LogP contribution is 2.23. The Hall–Kier alpha value is -2.68. The lowest BCUT2D eigenvalue weighted by Gasteiger charge is -2.17. The van der Waals surface area contributed by atoms with E-state index in [9.17, 15) is 9.18 Å². The Bertz CT molecular complexity index is 963. The highest BCUT2D eigenvalue weighted by molar-refractivity contribution is 7.00. The van der Waals surface area contributed by atoms with E-state index in [1.165, 1.54) is 6.33 Å². The van der Waals surface area contributed by atoms with Crippen LogP contribution in [0.2, 0.25) is 0 Å². The minimum atomic E-state index is -0.527. The van der Waals surface area contributed by atoms with Gasteiger partial charge in [0.1, 0.15) is 23.5 Å². The summed E-state index contributed by atoms with van der Waals surface area (Å²) in [5.41, 5.74) is 2.38. The van der Waals surface area contributed by atoms with Crippen LogP contribution in [0.15, 0.2) is 24.5 Å². The van der Waals surface area contributed by atoms with Crippen LogP contribution < -0.4 is 4.74 Å². The number of hydrogen-bond acceptors (Lipinski definition) is 7. The molecule has 0 radical (unpaired) electrons. The molecule has 1 aromatic carbocycles. The van der Waals surface area contributed by atoms with E-state index in [-0.39, 0.29) is 17.9 Å². The number of carbonyl (C=O) groups excluding carboxylic acids is 1. The molecule has 26 heavy (non-hydrogen) atoms. The molecular weight excluding hydrogens is 357 g/mol. The van der Waals surface area contributed by atoms with Crippen molar-refractivity contribution in [2.45, 2.75) is 25.9 Å². The maximum atomic E-state index is 14.2. The van der Waals surface area contributed by atoms with E-state index in [4.69, 9.17) is 4.74 Å². The van der Waals surface area contributed by atoms with Crippen LogP contribution in [-0.4, -0.2) is 48.7 Å². The van der Waals surface area contributed by atoms with Crippen molar-refractivity contribution in [2.75, 3.05) is 13.1 Å². The van der Waals surface area contributed by atoms with Crippen molar-refractivity contribution >= 4 is 28.7 Å². The van der Waals surface area contributed by atoms with Crippen molar-refractivity contribution in [3.05, 3.63) is 41.6 Å². The molecule has 1 aliphatic heterocycles. The van der Waals surface area contributed by atoms with E-state index in [1.807, 2.05) is 6.92 Å². The SMILES string of the molecule is CCc1ncnc(O[C@H]2CCN(C(=O)c3ccc4nsnc4c3)C2)c1F. The van der Waals surface area contributed by atoms with Crippen LogP contribution in [0.4, 0.5) is 4.39 Å². The number of halogens is 1. The molecule has 0 bridgehead atoms. The zero-order valence-corrected chi connectivity index (χ0v) is 14.9. The summed E-state index contributed by atoms with van der Waals surface area (Å²) in [6, 6.07) is 5.28. The van der Waals surface area contributed by atoms with Gasteiger partial charge < -0.3 is 9.64 Å². The number of aryl methyl sites for hydroxylation is 1. The fourth-order valence-electron chi connectivity index (χ4n) is 2.98. The van der Waals surface area contributed by atoms with Gasteiger partial charge in [0.2, 0.25) is 5.82 Å². The third-order valence-electron chi connectivity index (χ3n) is 4.38. The Balaban J connectivity index is 1.45. The molecular formula is C17H16FN5O2S. The summed E-state index contributed by atoms with van der Waals surface area (Å²) < 4.78 is 28.2. The Kier molecular flexibility index (Phi) is 4.46. The molecule has 4 rings (SSSR count). The van der Waals surface area contributed by atoms with Gasteiger partial charge in [-0.2, -0.15) is 18.1 Å². The van der Waals surface area contributed by atoms with Crippen LogP contribution in [0.1, 0.15) is 29.4 Å². The van der Waals surface area contributed by atoms with Crippen molar-refractivity contribution in [1.82, 2.24) is 23.6 Å². The standard InChI is InChI=1S/C17H16FN5O2S/c1-2-12-15(18)16(20-9-19-12)25-11-5-6-23(8-11)17(24)10-3-4-13-14(7-10)22-26-21-13/h3-4,7,9,11H,2,5-6,8H2,1H3/t11-/m0/s1. The molecule has 1 amide bonds. The zero-order valence-electron chi connectivity index (χ0n) is 14.1. The maximum Gasteiger partial charge on any atom is 0.254 e. The number of hydrogen-bond donors (Lipinski definition) is 0. The van der Waals surface area contributed by atoms with Crippen LogP contribution in [0.3, 0.4) is 0 Å². The molecule has 9 heteroatoms. The predicted molar refractivity (Wildman–Crippen MR) is 93.7 cm³/mol. The molecule has 1 atom stereocenters. The van der Waals surface area contributed by atoms with E-state index < -0.39 is 5.82 Å². The van der Waals surface area contributed by atoms with Gasteiger partial charge in [-0.25, -0.2) is 4.98 Å². The number of carbonyl (C=O) groups is 1. The molecule has 3 heterocycles. The van der Waals surface area contributed by atoms with Gasteiger partial charge in [0.05, 0.1) is 24.0 Å². The van der Waals surface area contributed by atoms with Crippen molar-refractivity contribution in [3.8, 4) is 5.88 Å². The fraction of sp³-hybridized carbons (Fsp3) is 0.353. The molecule has 1 fully saturated rings. The van der Waals surface area contributed by atoms with Gasteiger partial charge in [0.25, 0.3) is 11.8 Å². The predicted octanol–water partition coefficient (Wildman–Crippen LogP) is 2.48. The Morgan fingerprint density at radius 2 is 2.19 bits per heavy atom. The molecule has 0 unspecified atom stereocenters. The average Bonchev–Trinajstić information content (AvgIpc) is 3.31. The molecule has 7 nitrogen and oxygen atoms in total. The third kappa shape index (κ3) is 3.10. The van der Waals surface area contributed by atoms with Gasteiger partial charge in [-0.05, 0) is 24.6 Å². The van der Waals surface area contributed by atoms with E-state index >= 15 is 0 Å². The highest BCUT2D eigenvalue weighted by atomic mass is 32.1. The Labute approximate surface area is 153 Å². The molecule has 2 aromatic heterocycles. The highest BCUT2D eigenvalue weighted by Gasteiger charge is 2.29. The summed E-state index contributed by atoms with van der Waals surface area (Å²) in [5, 5.41) is 0. The van der Waals surface area contributed by atoms with Gasteiger partial charge in [0.15, 0.2) is 0 Å². The van der Waals surface area contributed by atoms with Gasteiger partial charge in [0, 0.05) is 18.5 Å². The number of benzene rings is 1. The molecule has 3 aromatic rings. The molecule has 1 saturated heterocycles. The average molecular weight is 373 g/mol. The number of rotatable bonds is 4. The fourth-order valence-corrected chi connectivity index (χ4v) is 3.50. The number of amides is 1. The van der Waals surface area contributed by atoms with Gasteiger partial charge in [-0.1, -0.05) is 6.92 Å². The van der Waals surface area contributed by atoms with Crippen LogP contribution >= 0.6 is 11.7 Å². The second kappa shape index (κ2) is 6.91. The lowest BCUT2D eigenvalue weighted by Crippen LogP contribution is -2.31. The molecule has 0 saturated carbocycles. The second-order valence-corrected chi connectivity index (χ2v) is 6.57. The lowest BCUT2D eigenvalue weighted by atomic mass is 10.2. The van der Waals surface area contributed by atoms with E-state index in [0.29, 0.717) is 42.7 Å². The first-order valence-electron chi connectivity index (χ1n) is 8.33. The number of ether oxygens (including phenoxy) is 1. The summed E-state index contributed by atoms with van der Waals surface area (Å²) >= 11 is 1.12. The molecule has 0 N–H and O–H groups in total. The van der Waals surface area contributed by atoms with Crippen molar-refractivity contribution in [2.24, 2.45) is 0 Å².